The molecule has 0 rings (SSSR count). The van der Waals surface area contributed by atoms with Gasteiger partial charge in [0.05, 0.1) is 6.61 Å². The van der Waals surface area contributed by atoms with E-state index in [0.29, 0.717) is 38.2 Å². The Morgan fingerprint density at radius 2 is 1.55 bits per heavy atom. The van der Waals surface area contributed by atoms with Crippen molar-refractivity contribution in [2.75, 3.05) is 6.61 Å². The predicted octanol–water partition coefficient (Wildman–Crippen LogP) is 4.65. The minimum atomic E-state index is -0.158. The van der Waals surface area contributed by atoms with Crippen LogP contribution in [0.3, 0.4) is 0 Å². The van der Waals surface area contributed by atoms with Crippen molar-refractivity contribution in [1.29, 1.82) is 0 Å². The Hall–Kier alpha value is -1.06. The van der Waals surface area contributed by atoms with Crippen LogP contribution in [-0.2, 0) is 19.1 Å². The molecular weight excluding hydrogens is 280 g/mol. The molecule has 0 saturated carbocycles. The van der Waals surface area contributed by atoms with Crippen LogP contribution in [0, 0.1) is 5.92 Å². The summed E-state index contributed by atoms with van der Waals surface area (Å²) in [7, 11) is 0. The van der Waals surface area contributed by atoms with Gasteiger partial charge < -0.3 is 9.47 Å². The first-order valence-corrected chi connectivity index (χ1v) is 8.88. The van der Waals surface area contributed by atoms with E-state index in [2.05, 4.69) is 20.8 Å². The van der Waals surface area contributed by atoms with E-state index in [1.807, 2.05) is 6.92 Å². The van der Waals surface area contributed by atoms with E-state index in [1.54, 1.807) is 0 Å². The molecule has 0 spiro atoms. The van der Waals surface area contributed by atoms with Crippen LogP contribution in [0.2, 0.25) is 0 Å². The van der Waals surface area contributed by atoms with Crippen LogP contribution < -0.4 is 0 Å². The van der Waals surface area contributed by atoms with Gasteiger partial charge in [-0.25, -0.2) is 0 Å². The average molecular weight is 314 g/mol. The number of carbonyl (C=O) groups excluding carboxylic acids is 2. The molecule has 22 heavy (non-hydrogen) atoms. The standard InChI is InChI=1S/C18H34O4/c1-5-10-16(7-3)22-18(20)12-9-8-11-17(19)21-14-13-15(4)6-2/h15-16H,5-14H2,1-4H3. The van der Waals surface area contributed by atoms with Gasteiger partial charge in [0.2, 0.25) is 0 Å². The fraction of sp³-hybridized carbons (Fsp3) is 0.889. The number of unbranched alkanes of at least 4 members (excludes halogenated alkanes) is 1. The van der Waals surface area contributed by atoms with Crippen LogP contribution >= 0.6 is 0 Å². The molecule has 2 atom stereocenters. The van der Waals surface area contributed by atoms with E-state index in [4.69, 9.17) is 9.47 Å². The average Bonchev–Trinajstić information content (AvgIpc) is 2.50. The molecule has 0 fully saturated rings. The van der Waals surface area contributed by atoms with Crippen molar-refractivity contribution in [3.05, 3.63) is 0 Å². The summed E-state index contributed by atoms with van der Waals surface area (Å²) in [6.07, 6.45) is 7.02. The van der Waals surface area contributed by atoms with Gasteiger partial charge in [0.15, 0.2) is 0 Å². The Morgan fingerprint density at radius 3 is 2.09 bits per heavy atom. The van der Waals surface area contributed by atoms with Gasteiger partial charge in [-0.2, -0.15) is 0 Å². The Morgan fingerprint density at radius 1 is 0.909 bits per heavy atom. The highest BCUT2D eigenvalue weighted by atomic mass is 16.5. The summed E-state index contributed by atoms with van der Waals surface area (Å²) in [5, 5.41) is 0. The van der Waals surface area contributed by atoms with E-state index < -0.39 is 0 Å². The van der Waals surface area contributed by atoms with Gasteiger partial charge in [0.25, 0.3) is 0 Å². The molecule has 0 radical (unpaired) electrons. The first kappa shape index (κ1) is 20.9. The Balaban J connectivity index is 3.62. The number of carbonyl (C=O) groups is 2. The normalized spacial score (nSPS) is 13.5. The lowest BCUT2D eigenvalue weighted by molar-refractivity contribution is -0.150. The minimum Gasteiger partial charge on any atom is -0.466 e. The maximum atomic E-state index is 11.7. The van der Waals surface area contributed by atoms with Gasteiger partial charge >= 0.3 is 11.9 Å². The Bertz CT molecular complexity index is 301. The van der Waals surface area contributed by atoms with Gasteiger partial charge in [-0.15, -0.1) is 0 Å². The maximum Gasteiger partial charge on any atom is 0.306 e. The van der Waals surface area contributed by atoms with Crippen molar-refractivity contribution in [1.82, 2.24) is 0 Å². The van der Waals surface area contributed by atoms with Gasteiger partial charge in [-0.1, -0.05) is 40.5 Å². The van der Waals surface area contributed by atoms with Crippen molar-refractivity contribution < 1.29 is 19.1 Å². The van der Waals surface area contributed by atoms with E-state index >= 15 is 0 Å². The summed E-state index contributed by atoms with van der Waals surface area (Å²) in [4.78, 5) is 23.2. The Kier molecular flexibility index (Phi) is 12.9. The number of hydrogen-bond donors (Lipinski definition) is 0. The second kappa shape index (κ2) is 13.6. The second-order valence-corrected chi connectivity index (χ2v) is 6.04. The summed E-state index contributed by atoms with van der Waals surface area (Å²) in [6, 6.07) is 0. The third kappa shape index (κ3) is 11.6. The van der Waals surface area contributed by atoms with Crippen LogP contribution in [-0.4, -0.2) is 24.6 Å². The topological polar surface area (TPSA) is 52.6 Å². The Labute approximate surface area is 135 Å². The molecule has 0 aliphatic carbocycles. The zero-order chi connectivity index (χ0) is 16.8. The monoisotopic (exact) mass is 314 g/mol. The molecule has 0 aromatic heterocycles. The van der Waals surface area contributed by atoms with E-state index in [-0.39, 0.29) is 18.0 Å². The lowest BCUT2D eigenvalue weighted by Crippen LogP contribution is -2.17. The summed E-state index contributed by atoms with van der Waals surface area (Å²) >= 11 is 0. The summed E-state index contributed by atoms with van der Waals surface area (Å²) in [5.41, 5.74) is 0. The third-order valence-corrected chi connectivity index (χ3v) is 3.95. The molecule has 130 valence electrons. The van der Waals surface area contributed by atoms with E-state index in [1.165, 1.54) is 0 Å². The number of hydrogen-bond acceptors (Lipinski definition) is 4. The molecule has 4 nitrogen and oxygen atoms in total. The largest absolute Gasteiger partial charge is 0.466 e. The predicted molar refractivity (Wildman–Crippen MR) is 88.6 cm³/mol. The lowest BCUT2D eigenvalue weighted by atomic mass is 10.1. The molecular formula is C18H34O4. The number of rotatable bonds is 13. The minimum absolute atomic E-state index is 0.0445. The zero-order valence-corrected chi connectivity index (χ0v) is 14.9. The first-order chi connectivity index (χ1) is 10.5. The molecule has 0 aliphatic heterocycles. The third-order valence-electron chi connectivity index (χ3n) is 3.95. The number of ether oxygens (including phenoxy) is 2. The fourth-order valence-corrected chi connectivity index (χ4v) is 2.10. The van der Waals surface area contributed by atoms with E-state index in [9.17, 15) is 9.59 Å². The molecule has 0 aromatic rings. The quantitative estimate of drug-likeness (QED) is 0.367. The summed E-state index contributed by atoms with van der Waals surface area (Å²) < 4.78 is 10.6. The maximum absolute atomic E-state index is 11.7. The van der Waals surface area contributed by atoms with Crippen LogP contribution in [0.4, 0.5) is 0 Å². The number of esters is 2. The van der Waals surface area contributed by atoms with Crippen LogP contribution in [0.5, 0.6) is 0 Å². The summed E-state index contributed by atoms with van der Waals surface area (Å²) in [5.74, 6) is 0.289. The van der Waals surface area contributed by atoms with Crippen molar-refractivity contribution in [3.8, 4) is 0 Å². The van der Waals surface area contributed by atoms with Crippen LogP contribution in [0.1, 0.15) is 85.5 Å². The molecule has 2 unspecified atom stereocenters. The smallest absolute Gasteiger partial charge is 0.306 e. The molecule has 0 bridgehead atoms. The fourth-order valence-electron chi connectivity index (χ4n) is 2.10. The van der Waals surface area contributed by atoms with Gasteiger partial charge in [0, 0.05) is 12.8 Å². The molecule has 0 aromatic carbocycles. The van der Waals surface area contributed by atoms with E-state index in [0.717, 1.165) is 32.1 Å². The molecule has 4 heteroatoms. The molecule has 0 aliphatic rings. The zero-order valence-electron chi connectivity index (χ0n) is 14.9. The van der Waals surface area contributed by atoms with Crippen molar-refractivity contribution in [3.63, 3.8) is 0 Å². The van der Waals surface area contributed by atoms with Crippen LogP contribution in [0.25, 0.3) is 0 Å². The van der Waals surface area contributed by atoms with Crippen LogP contribution in [0.15, 0.2) is 0 Å². The van der Waals surface area contributed by atoms with Gasteiger partial charge in [-0.05, 0) is 38.0 Å². The highest BCUT2D eigenvalue weighted by Gasteiger charge is 2.12. The highest BCUT2D eigenvalue weighted by molar-refractivity contribution is 5.70. The first-order valence-electron chi connectivity index (χ1n) is 8.88. The molecule has 0 saturated heterocycles. The molecule has 0 N–H and O–H groups in total. The summed E-state index contributed by atoms with van der Waals surface area (Å²) in [6.45, 7) is 8.91. The van der Waals surface area contributed by atoms with Crippen molar-refractivity contribution in [2.24, 2.45) is 5.92 Å². The van der Waals surface area contributed by atoms with Gasteiger partial charge in [-0.3, -0.25) is 9.59 Å². The van der Waals surface area contributed by atoms with Crippen molar-refractivity contribution >= 4 is 11.9 Å². The second-order valence-electron chi connectivity index (χ2n) is 6.04. The van der Waals surface area contributed by atoms with Crippen molar-refractivity contribution in [2.45, 2.75) is 91.6 Å². The lowest BCUT2D eigenvalue weighted by Gasteiger charge is -2.15. The molecule has 0 heterocycles. The SMILES string of the molecule is CCCC(CC)OC(=O)CCCCC(=O)OCCC(C)CC. The molecule has 0 amide bonds. The highest BCUT2D eigenvalue weighted by Crippen LogP contribution is 2.10. The van der Waals surface area contributed by atoms with Gasteiger partial charge in [0.1, 0.15) is 6.10 Å².